The molecule has 0 aliphatic carbocycles. The monoisotopic (exact) mass is 1040 g/mol. The molecule has 10 rings (SSSR count). The number of anilines is 6. The van der Waals surface area contributed by atoms with Crippen molar-refractivity contribution >= 4 is 58.2 Å². The minimum Gasteiger partial charge on any atom is -0.461 e. The molecule has 0 N–H and O–H groups in total. The Kier molecular flexibility index (Phi) is 17.8. The normalized spacial score (nSPS) is 10.8. The zero-order chi connectivity index (χ0) is 54.9. The third-order valence-corrected chi connectivity index (χ3v) is 14.4. The topological polar surface area (TPSA) is 59.1 Å². The Morgan fingerprint density at radius 3 is 0.838 bits per heavy atom. The maximum atomic E-state index is 12.7. The summed E-state index contributed by atoms with van der Waals surface area (Å²) in [5.74, 6) is -0.440. The van der Waals surface area contributed by atoms with E-state index in [1.165, 1.54) is 22.3 Å². The van der Waals surface area contributed by atoms with Crippen molar-refractivity contribution in [3.8, 4) is 22.3 Å². The third-order valence-electron chi connectivity index (χ3n) is 14.4. The number of aryl methyl sites for hydroxylation is 4. The third kappa shape index (κ3) is 14.2. The Labute approximate surface area is 471 Å². The SMILES string of the molecule is C=Cc1ccc(COC(=O)CCc2ccc(N(c3ccc(CCc4ccc(N(c5ccc(CCC(=O)OCc6ccc(C=C)cc6)cc5)c5ccc(-c6ccccc6)cc5)cc4)cc3)c3ccc(-c4ccccc4)cc3)cc2)cc1. The Balaban J connectivity index is 0.809. The van der Waals surface area contributed by atoms with Crippen LogP contribution in [0.1, 0.15) is 57.3 Å². The summed E-state index contributed by atoms with van der Waals surface area (Å²) >= 11 is 0. The van der Waals surface area contributed by atoms with Gasteiger partial charge < -0.3 is 19.3 Å². The highest BCUT2D eigenvalue weighted by molar-refractivity contribution is 5.80. The highest BCUT2D eigenvalue weighted by atomic mass is 16.5. The van der Waals surface area contributed by atoms with Crippen LogP contribution in [0.4, 0.5) is 34.1 Å². The van der Waals surface area contributed by atoms with E-state index in [1.807, 2.05) is 60.7 Å². The van der Waals surface area contributed by atoms with E-state index in [9.17, 15) is 9.59 Å². The molecule has 10 aromatic carbocycles. The van der Waals surface area contributed by atoms with Gasteiger partial charge in [0.25, 0.3) is 0 Å². The molecule has 0 unspecified atom stereocenters. The predicted octanol–water partition coefficient (Wildman–Crippen LogP) is 18.4. The Bertz CT molecular complexity index is 3350. The van der Waals surface area contributed by atoms with Gasteiger partial charge in [-0.2, -0.15) is 0 Å². The van der Waals surface area contributed by atoms with E-state index < -0.39 is 0 Å². The van der Waals surface area contributed by atoms with Crippen LogP contribution < -0.4 is 9.80 Å². The first-order chi connectivity index (χ1) is 39.3. The van der Waals surface area contributed by atoms with Crippen LogP contribution in [0.3, 0.4) is 0 Å². The molecule has 0 aliphatic heterocycles. The predicted molar refractivity (Wildman–Crippen MR) is 330 cm³/mol. The summed E-state index contributed by atoms with van der Waals surface area (Å²) in [7, 11) is 0. The van der Waals surface area contributed by atoms with Crippen LogP contribution in [-0.2, 0) is 58.0 Å². The first-order valence-corrected chi connectivity index (χ1v) is 27.4. The lowest BCUT2D eigenvalue weighted by Gasteiger charge is -2.26. The van der Waals surface area contributed by atoms with Gasteiger partial charge in [-0.15, -0.1) is 0 Å². The van der Waals surface area contributed by atoms with Gasteiger partial charge in [-0.3, -0.25) is 9.59 Å². The van der Waals surface area contributed by atoms with Gasteiger partial charge in [-0.1, -0.05) is 207 Å². The molecule has 0 amide bonds. The largest absolute Gasteiger partial charge is 0.461 e. The van der Waals surface area contributed by atoms with Gasteiger partial charge in [-0.05, 0) is 165 Å². The van der Waals surface area contributed by atoms with E-state index in [2.05, 4.69) is 217 Å². The lowest BCUT2D eigenvalue weighted by Crippen LogP contribution is -2.10. The maximum absolute atomic E-state index is 12.7. The molecular formula is C74H64N2O4. The summed E-state index contributed by atoms with van der Waals surface area (Å²) in [6.45, 7) is 8.12. The van der Waals surface area contributed by atoms with Crippen LogP contribution in [0.15, 0.2) is 268 Å². The fourth-order valence-electron chi connectivity index (χ4n) is 9.76. The molecule has 394 valence electrons. The second-order valence-corrected chi connectivity index (χ2v) is 19.9. The zero-order valence-electron chi connectivity index (χ0n) is 45.0. The van der Waals surface area contributed by atoms with Crippen LogP contribution >= 0.6 is 0 Å². The van der Waals surface area contributed by atoms with Crippen molar-refractivity contribution in [1.29, 1.82) is 0 Å². The molecule has 0 saturated carbocycles. The van der Waals surface area contributed by atoms with Crippen LogP contribution in [0.25, 0.3) is 34.4 Å². The highest BCUT2D eigenvalue weighted by Crippen LogP contribution is 2.38. The van der Waals surface area contributed by atoms with Gasteiger partial charge in [0, 0.05) is 47.0 Å². The zero-order valence-corrected chi connectivity index (χ0v) is 45.0. The van der Waals surface area contributed by atoms with Gasteiger partial charge >= 0.3 is 11.9 Å². The number of esters is 2. The first-order valence-electron chi connectivity index (χ1n) is 27.4. The molecule has 0 aromatic heterocycles. The molecule has 0 spiro atoms. The number of benzene rings is 10. The van der Waals surface area contributed by atoms with E-state index in [0.717, 1.165) is 91.5 Å². The molecule has 80 heavy (non-hydrogen) atoms. The summed E-state index contributed by atoms with van der Waals surface area (Å²) in [6, 6.07) is 88.8. The first kappa shape index (κ1) is 53.6. The number of hydrogen-bond acceptors (Lipinski definition) is 6. The van der Waals surface area contributed by atoms with E-state index >= 15 is 0 Å². The number of carbonyl (C=O) groups is 2. The number of carbonyl (C=O) groups excluding carboxylic acids is 2. The van der Waals surface area contributed by atoms with Crippen molar-refractivity contribution in [2.24, 2.45) is 0 Å². The Hall–Kier alpha value is -9.78. The fraction of sp³-hybridized carbons (Fsp3) is 0.108. The number of rotatable bonds is 23. The van der Waals surface area contributed by atoms with Crippen LogP contribution in [-0.4, -0.2) is 11.9 Å². The summed E-state index contributed by atoms with van der Waals surface area (Å²) in [5.41, 5.74) is 19.5. The molecule has 0 radical (unpaired) electrons. The van der Waals surface area contributed by atoms with Crippen molar-refractivity contribution in [3.63, 3.8) is 0 Å². The highest BCUT2D eigenvalue weighted by Gasteiger charge is 2.17. The van der Waals surface area contributed by atoms with Crippen molar-refractivity contribution in [2.45, 2.75) is 51.7 Å². The second-order valence-electron chi connectivity index (χ2n) is 19.9. The van der Waals surface area contributed by atoms with Gasteiger partial charge in [0.15, 0.2) is 0 Å². The molecule has 0 aliphatic rings. The standard InChI is InChI=1S/C74H64N2O4/c1-3-55-15-21-61(22-16-55)53-79-73(77)51-33-59-29-43-69(44-30-59)75(71-47-35-65(36-48-71)63-11-7-5-8-12-63)67-39-25-57(26-40-67)19-20-58-27-41-68(42-28-58)76(72-49-37-66(38-50-72)64-13-9-6-10-14-64)70-45-31-60(32-46-70)34-52-74(78)80-54-62-23-17-56(4-2)18-24-62/h3-18,21-32,35-50H,1-2,19-20,33-34,51-54H2. The minimum absolute atomic E-state index is 0.220. The minimum atomic E-state index is -0.220. The second kappa shape index (κ2) is 26.5. The lowest BCUT2D eigenvalue weighted by atomic mass is 10.0. The van der Waals surface area contributed by atoms with Crippen molar-refractivity contribution in [3.05, 3.63) is 312 Å². The van der Waals surface area contributed by atoms with E-state index in [4.69, 9.17) is 9.47 Å². The Morgan fingerprint density at radius 1 is 0.300 bits per heavy atom. The smallest absolute Gasteiger partial charge is 0.306 e. The van der Waals surface area contributed by atoms with E-state index in [0.29, 0.717) is 25.7 Å². The molecule has 0 bridgehead atoms. The fourth-order valence-corrected chi connectivity index (χ4v) is 9.76. The summed E-state index contributed by atoms with van der Waals surface area (Å²) in [4.78, 5) is 30.1. The molecule has 6 heteroatoms. The molecular weight excluding hydrogens is 981 g/mol. The molecule has 0 fully saturated rings. The molecule has 10 aromatic rings. The number of hydrogen-bond donors (Lipinski definition) is 0. The molecule has 6 nitrogen and oxygen atoms in total. The molecule has 0 saturated heterocycles. The quantitative estimate of drug-likeness (QED) is 0.0595. The van der Waals surface area contributed by atoms with Gasteiger partial charge in [-0.25, -0.2) is 0 Å². The van der Waals surface area contributed by atoms with Crippen molar-refractivity contribution < 1.29 is 19.1 Å². The van der Waals surface area contributed by atoms with Gasteiger partial charge in [0.05, 0.1) is 0 Å². The number of nitrogens with zero attached hydrogens (tertiary/aromatic N) is 2. The number of ether oxygens (including phenoxy) is 2. The molecule has 0 heterocycles. The molecule has 0 atom stereocenters. The average Bonchev–Trinajstić information content (AvgIpc) is 3.53. The lowest BCUT2D eigenvalue weighted by molar-refractivity contribution is -0.145. The van der Waals surface area contributed by atoms with E-state index in [1.54, 1.807) is 12.2 Å². The van der Waals surface area contributed by atoms with Crippen LogP contribution in [0.2, 0.25) is 0 Å². The summed E-state index contributed by atoms with van der Waals surface area (Å²) in [5, 5.41) is 0. The van der Waals surface area contributed by atoms with Gasteiger partial charge in [0.2, 0.25) is 0 Å². The average molecular weight is 1050 g/mol. The van der Waals surface area contributed by atoms with Crippen molar-refractivity contribution in [2.75, 3.05) is 9.80 Å². The maximum Gasteiger partial charge on any atom is 0.306 e. The van der Waals surface area contributed by atoms with Crippen LogP contribution in [0.5, 0.6) is 0 Å². The van der Waals surface area contributed by atoms with Crippen molar-refractivity contribution in [1.82, 2.24) is 0 Å². The summed E-state index contributed by atoms with van der Waals surface area (Å²) < 4.78 is 11.2. The van der Waals surface area contributed by atoms with Gasteiger partial charge in [0.1, 0.15) is 13.2 Å². The van der Waals surface area contributed by atoms with Crippen LogP contribution in [0, 0.1) is 0 Å². The summed E-state index contributed by atoms with van der Waals surface area (Å²) in [6.07, 6.45) is 7.13. The van der Waals surface area contributed by atoms with E-state index in [-0.39, 0.29) is 25.2 Å². The Morgan fingerprint density at radius 2 is 0.550 bits per heavy atom.